The van der Waals surface area contributed by atoms with E-state index in [0.717, 1.165) is 37.2 Å². The molecule has 0 aliphatic carbocycles. The number of methoxy groups -OCH3 is 1. The number of amides is 2. The van der Waals surface area contributed by atoms with E-state index in [-0.39, 0.29) is 11.8 Å². The molecule has 0 bridgehead atoms. The zero-order chi connectivity index (χ0) is 19.1. The van der Waals surface area contributed by atoms with Crippen molar-refractivity contribution in [2.45, 2.75) is 32.2 Å². The summed E-state index contributed by atoms with van der Waals surface area (Å²) in [5.74, 6) is 0.614. The SMILES string of the molecule is COc1ccc(CNC(=O)c2cccc(C(=O)N3CCCCCC3)c2)cc1. The molecule has 0 aromatic heterocycles. The second-order valence-electron chi connectivity index (χ2n) is 6.82. The standard InChI is InChI=1S/C22H26N2O3/c1-27-20-11-9-17(10-12-20)16-23-21(25)18-7-6-8-19(15-18)22(26)24-13-4-2-3-5-14-24/h6-12,15H,2-5,13-14,16H2,1H3,(H,23,25). The molecule has 0 atom stereocenters. The number of carbonyl (C=O) groups is 2. The molecule has 0 radical (unpaired) electrons. The Morgan fingerprint density at radius 3 is 2.30 bits per heavy atom. The highest BCUT2D eigenvalue weighted by Crippen LogP contribution is 2.15. The Bertz CT molecular complexity index is 778. The minimum atomic E-state index is -0.184. The summed E-state index contributed by atoms with van der Waals surface area (Å²) in [6.07, 6.45) is 4.46. The predicted molar refractivity (Wildman–Crippen MR) is 105 cm³/mol. The van der Waals surface area contributed by atoms with Gasteiger partial charge in [-0.1, -0.05) is 31.0 Å². The number of nitrogens with one attached hydrogen (secondary N) is 1. The molecule has 0 spiro atoms. The average Bonchev–Trinajstić information content (AvgIpc) is 3.01. The number of benzene rings is 2. The predicted octanol–water partition coefficient (Wildman–Crippen LogP) is 3.64. The average molecular weight is 366 g/mol. The van der Waals surface area contributed by atoms with Crippen molar-refractivity contribution in [1.82, 2.24) is 10.2 Å². The molecule has 1 fully saturated rings. The van der Waals surface area contributed by atoms with Crippen molar-refractivity contribution in [3.05, 3.63) is 65.2 Å². The summed E-state index contributed by atoms with van der Waals surface area (Å²) in [5, 5.41) is 2.90. The minimum absolute atomic E-state index is 0.0155. The first-order valence-electron chi connectivity index (χ1n) is 9.48. The lowest BCUT2D eigenvalue weighted by molar-refractivity contribution is 0.0761. The van der Waals surface area contributed by atoms with Gasteiger partial charge >= 0.3 is 0 Å². The van der Waals surface area contributed by atoms with Crippen LogP contribution < -0.4 is 10.1 Å². The molecule has 5 nitrogen and oxygen atoms in total. The van der Waals surface area contributed by atoms with Gasteiger partial charge in [0.25, 0.3) is 11.8 Å². The van der Waals surface area contributed by atoms with Crippen LogP contribution in [0.3, 0.4) is 0 Å². The van der Waals surface area contributed by atoms with Gasteiger partial charge in [0.15, 0.2) is 0 Å². The number of likely N-dealkylation sites (tertiary alicyclic amines) is 1. The quantitative estimate of drug-likeness (QED) is 0.879. The van der Waals surface area contributed by atoms with Crippen LogP contribution >= 0.6 is 0 Å². The molecule has 0 saturated carbocycles. The fraction of sp³-hybridized carbons (Fsp3) is 0.364. The molecule has 1 heterocycles. The molecule has 5 heteroatoms. The molecular weight excluding hydrogens is 340 g/mol. The van der Waals surface area contributed by atoms with Crippen molar-refractivity contribution in [2.24, 2.45) is 0 Å². The van der Waals surface area contributed by atoms with Crippen molar-refractivity contribution in [3.63, 3.8) is 0 Å². The summed E-state index contributed by atoms with van der Waals surface area (Å²) in [6.45, 7) is 2.02. The molecule has 2 amide bonds. The van der Waals surface area contributed by atoms with Gasteiger partial charge in [-0.2, -0.15) is 0 Å². The molecule has 1 aliphatic rings. The van der Waals surface area contributed by atoms with Crippen LogP contribution in [0, 0.1) is 0 Å². The maximum Gasteiger partial charge on any atom is 0.253 e. The van der Waals surface area contributed by atoms with Gasteiger partial charge in [-0.25, -0.2) is 0 Å². The maximum absolute atomic E-state index is 12.7. The van der Waals surface area contributed by atoms with E-state index in [2.05, 4.69) is 5.32 Å². The largest absolute Gasteiger partial charge is 0.497 e. The molecule has 2 aromatic rings. The van der Waals surface area contributed by atoms with Crippen LogP contribution in [0.5, 0.6) is 5.75 Å². The first-order valence-corrected chi connectivity index (χ1v) is 9.48. The zero-order valence-electron chi connectivity index (χ0n) is 15.7. The summed E-state index contributed by atoms with van der Waals surface area (Å²) in [4.78, 5) is 27.1. The smallest absolute Gasteiger partial charge is 0.253 e. The molecule has 1 aliphatic heterocycles. The third kappa shape index (κ3) is 5.09. The molecule has 142 valence electrons. The third-order valence-corrected chi connectivity index (χ3v) is 4.88. The van der Waals surface area contributed by atoms with E-state index in [9.17, 15) is 9.59 Å². The van der Waals surface area contributed by atoms with Gasteiger partial charge in [0.2, 0.25) is 0 Å². The van der Waals surface area contributed by atoms with Gasteiger partial charge in [-0.15, -0.1) is 0 Å². The normalized spacial score (nSPS) is 14.3. The van der Waals surface area contributed by atoms with Crippen LogP contribution in [-0.2, 0) is 6.54 Å². The monoisotopic (exact) mass is 366 g/mol. The van der Waals surface area contributed by atoms with Crippen LogP contribution in [0.1, 0.15) is 52.0 Å². The lowest BCUT2D eigenvalue weighted by atomic mass is 10.1. The van der Waals surface area contributed by atoms with E-state index in [1.165, 1.54) is 12.8 Å². The molecule has 2 aromatic carbocycles. The van der Waals surface area contributed by atoms with E-state index in [1.807, 2.05) is 29.2 Å². The van der Waals surface area contributed by atoms with Crippen molar-refractivity contribution in [2.75, 3.05) is 20.2 Å². The van der Waals surface area contributed by atoms with E-state index in [4.69, 9.17) is 4.74 Å². The Morgan fingerprint density at radius 2 is 1.63 bits per heavy atom. The summed E-state index contributed by atoms with van der Waals surface area (Å²) >= 11 is 0. The Morgan fingerprint density at radius 1 is 0.963 bits per heavy atom. The molecular formula is C22H26N2O3. The Balaban J connectivity index is 1.63. The summed E-state index contributed by atoms with van der Waals surface area (Å²) in [6, 6.07) is 14.5. The van der Waals surface area contributed by atoms with Crippen molar-refractivity contribution in [1.29, 1.82) is 0 Å². The topological polar surface area (TPSA) is 58.6 Å². The molecule has 0 unspecified atom stereocenters. The Labute approximate surface area is 160 Å². The second kappa shape index (κ2) is 9.21. The minimum Gasteiger partial charge on any atom is -0.497 e. The van der Waals surface area contributed by atoms with Crippen molar-refractivity contribution in [3.8, 4) is 5.75 Å². The first kappa shape index (κ1) is 19.0. The Hall–Kier alpha value is -2.82. The van der Waals surface area contributed by atoms with Gasteiger partial charge in [0.05, 0.1) is 7.11 Å². The highest BCUT2D eigenvalue weighted by Gasteiger charge is 2.18. The van der Waals surface area contributed by atoms with Gasteiger partial charge in [0.1, 0.15) is 5.75 Å². The van der Waals surface area contributed by atoms with E-state index >= 15 is 0 Å². The molecule has 27 heavy (non-hydrogen) atoms. The lowest BCUT2D eigenvalue weighted by Gasteiger charge is -2.20. The number of carbonyl (C=O) groups excluding carboxylic acids is 2. The van der Waals surface area contributed by atoms with Crippen molar-refractivity contribution >= 4 is 11.8 Å². The van der Waals surface area contributed by atoms with E-state index in [1.54, 1.807) is 31.4 Å². The van der Waals surface area contributed by atoms with Crippen LogP contribution in [0.4, 0.5) is 0 Å². The summed E-state index contributed by atoms with van der Waals surface area (Å²) in [5.41, 5.74) is 2.07. The number of rotatable bonds is 5. The van der Waals surface area contributed by atoms with E-state index < -0.39 is 0 Å². The van der Waals surface area contributed by atoms with Gasteiger partial charge in [-0.05, 0) is 48.7 Å². The van der Waals surface area contributed by atoms with Crippen LogP contribution in [0.15, 0.2) is 48.5 Å². The fourth-order valence-electron chi connectivity index (χ4n) is 3.28. The van der Waals surface area contributed by atoms with Gasteiger partial charge < -0.3 is 15.0 Å². The lowest BCUT2D eigenvalue weighted by Crippen LogP contribution is -2.32. The zero-order valence-corrected chi connectivity index (χ0v) is 15.7. The number of hydrogen-bond donors (Lipinski definition) is 1. The highest BCUT2D eigenvalue weighted by molar-refractivity contribution is 5.99. The number of nitrogens with zero attached hydrogens (tertiary/aromatic N) is 1. The third-order valence-electron chi connectivity index (χ3n) is 4.88. The van der Waals surface area contributed by atoms with Gasteiger partial charge in [-0.3, -0.25) is 9.59 Å². The second-order valence-corrected chi connectivity index (χ2v) is 6.82. The van der Waals surface area contributed by atoms with Crippen molar-refractivity contribution < 1.29 is 14.3 Å². The fourth-order valence-corrected chi connectivity index (χ4v) is 3.28. The van der Waals surface area contributed by atoms with E-state index in [0.29, 0.717) is 17.7 Å². The maximum atomic E-state index is 12.7. The molecule has 3 rings (SSSR count). The Kier molecular flexibility index (Phi) is 6.47. The number of ether oxygens (including phenoxy) is 1. The van der Waals surface area contributed by atoms with Crippen LogP contribution in [-0.4, -0.2) is 36.9 Å². The molecule has 1 saturated heterocycles. The molecule has 1 N–H and O–H groups in total. The van der Waals surface area contributed by atoms with Crippen LogP contribution in [0.25, 0.3) is 0 Å². The summed E-state index contributed by atoms with van der Waals surface area (Å²) < 4.78 is 5.13. The van der Waals surface area contributed by atoms with Crippen LogP contribution in [0.2, 0.25) is 0 Å². The summed E-state index contributed by atoms with van der Waals surface area (Å²) in [7, 11) is 1.62. The van der Waals surface area contributed by atoms with Gasteiger partial charge in [0, 0.05) is 30.8 Å². The highest BCUT2D eigenvalue weighted by atomic mass is 16.5. The number of hydrogen-bond acceptors (Lipinski definition) is 3. The first-order chi connectivity index (χ1) is 13.2.